The monoisotopic (exact) mass is 157 g/mol. The van der Waals surface area contributed by atoms with Crippen LogP contribution in [0.2, 0.25) is 0 Å². The zero-order chi connectivity index (χ0) is 8.85. The zero-order valence-corrected chi connectivity index (χ0v) is 8.00. The van der Waals surface area contributed by atoms with Crippen molar-refractivity contribution in [1.82, 2.24) is 0 Å². The number of rotatable bonds is 5. The Morgan fingerprint density at radius 2 is 1.73 bits per heavy atom. The van der Waals surface area contributed by atoms with E-state index in [0.717, 1.165) is 6.42 Å². The summed E-state index contributed by atoms with van der Waals surface area (Å²) in [6, 6.07) is 0. The van der Waals surface area contributed by atoms with Gasteiger partial charge in [-0.3, -0.25) is 0 Å². The molecule has 0 rings (SSSR count). The predicted octanol–water partition coefficient (Wildman–Crippen LogP) is 3.07. The fraction of sp³-hybridized carbons (Fsp3) is 1.00. The second-order valence-electron chi connectivity index (χ2n) is 3.95. The van der Waals surface area contributed by atoms with Gasteiger partial charge in [0.05, 0.1) is 6.54 Å². The summed E-state index contributed by atoms with van der Waals surface area (Å²) in [6.45, 7) is 9.15. The summed E-state index contributed by atoms with van der Waals surface area (Å²) in [5.41, 5.74) is 0. The minimum Gasteiger partial charge on any atom is -0.151 e. The van der Waals surface area contributed by atoms with Gasteiger partial charge in [0.15, 0.2) is 0 Å². The molecule has 2 nitrogen and oxygen atoms in total. The maximum absolute atomic E-state index is 10.1. The van der Waals surface area contributed by atoms with E-state index in [-0.39, 0.29) is 0 Å². The lowest BCUT2D eigenvalue weighted by atomic mass is 9.88. The number of hydrogen-bond acceptors (Lipinski definition) is 2. The van der Waals surface area contributed by atoms with Crippen LogP contribution < -0.4 is 0 Å². The summed E-state index contributed by atoms with van der Waals surface area (Å²) in [6.07, 6.45) is 1.11. The summed E-state index contributed by atoms with van der Waals surface area (Å²) < 4.78 is 0. The Kier molecular flexibility index (Phi) is 5.08. The molecule has 0 N–H and O–H groups in total. The van der Waals surface area contributed by atoms with Gasteiger partial charge in [-0.2, -0.15) is 4.91 Å². The van der Waals surface area contributed by atoms with Crippen LogP contribution in [0.25, 0.3) is 0 Å². The third-order valence-corrected chi connectivity index (χ3v) is 2.03. The molecule has 0 heterocycles. The van der Waals surface area contributed by atoms with Gasteiger partial charge in [0.25, 0.3) is 0 Å². The topological polar surface area (TPSA) is 29.4 Å². The summed E-state index contributed by atoms with van der Waals surface area (Å²) in [7, 11) is 0. The van der Waals surface area contributed by atoms with Crippen molar-refractivity contribution in [3.8, 4) is 0 Å². The van der Waals surface area contributed by atoms with Gasteiger partial charge in [-0.05, 0) is 24.2 Å². The van der Waals surface area contributed by atoms with E-state index in [1.54, 1.807) is 0 Å². The van der Waals surface area contributed by atoms with E-state index < -0.39 is 0 Å². The molecule has 0 spiro atoms. The van der Waals surface area contributed by atoms with Crippen LogP contribution in [0.1, 0.15) is 34.1 Å². The molecular formula is C9H19NO. The van der Waals surface area contributed by atoms with Gasteiger partial charge in [0.1, 0.15) is 0 Å². The molecule has 2 heteroatoms. The summed E-state index contributed by atoms with van der Waals surface area (Å²) >= 11 is 0. The third-order valence-electron chi connectivity index (χ3n) is 2.03. The maximum atomic E-state index is 10.1. The minimum absolute atomic E-state index is 0.479. The predicted molar refractivity (Wildman–Crippen MR) is 48.4 cm³/mol. The molecule has 66 valence electrons. The third kappa shape index (κ3) is 4.93. The SMILES string of the molecule is CC(C)CC(CN=O)C(C)C. The summed E-state index contributed by atoms with van der Waals surface area (Å²) in [5.74, 6) is 1.73. The van der Waals surface area contributed by atoms with Crippen LogP contribution in [0, 0.1) is 22.7 Å². The molecule has 0 aromatic heterocycles. The van der Waals surface area contributed by atoms with Crippen LogP contribution in [0.15, 0.2) is 5.18 Å². The van der Waals surface area contributed by atoms with Crippen molar-refractivity contribution < 1.29 is 0 Å². The molecule has 0 fully saturated rings. The van der Waals surface area contributed by atoms with Crippen LogP contribution in [0.5, 0.6) is 0 Å². The Bertz CT molecular complexity index is 110. The Morgan fingerprint density at radius 1 is 1.18 bits per heavy atom. The van der Waals surface area contributed by atoms with Crippen molar-refractivity contribution in [2.45, 2.75) is 34.1 Å². The van der Waals surface area contributed by atoms with Crippen LogP contribution in [0.3, 0.4) is 0 Å². The molecule has 1 unspecified atom stereocenters. The first-order valence-corrected chi connectivity index (χ1v) is 4.37. The van der Waals surface area contributed by atoms with E-state index in [0.29, 0.717) is 24.3 Å². The summed E-state index contributed by atoms with van der Waals surface area (Å²) in [4.78, 5) is 10.1. The fourth-order valence-corrected chi connectivity index (χ4v) is 1.26. The molecule has 0 aliphatic rings. The Balaban J connectivity index is 3.78. The normalized spacial score (nSPS) is 14.0. The molecule has 0 bridgehead atoms. The van der Waals surface area contributed by atoms with Gasteiger partial charge >= 0.3 is 0 Å². The van der Waals surface area contributed by atoms with Crippen molar-refractivity contribution >= 4 is 0 Å². The minimum atomic E-state index is 0.479. The van der Waals surface area contributed by atoms with Crippen LogP contribution >= 0.6 is 0 Å². The highest BCUT2D eigenvalue weighted by atomic mass is 16.3. The lowest BCUT2D eigenvalue weighted by molar-refractivity contribution is 0.325. The Hall–Kier alpha value is -0.400. The second-order valence-corrected chi connectivity index (χ2v) is 3.95. The molecule has 0 amide bonds. The van der Waals surface area contributed by atoms with Gasteiger partial charge in [-0.15, -0.1) is 0 Å². The highest BCUT2D eigenvalue weighted by Gasteiger charge is 2.14. The van der Waals surface area contributed by atoms with Crippen molar-refractivity contribution in [1.29, 1.82) is 0 Å². The van der Waals surface area contributed by atoms with E-state index >= 15 is 0 Å². The van der Waals surface area contributed by atoms with Crippen LogP contribution in [-0.4, -0.2) is 6.54 Å². The highest BCUT2D eigenvalue weighted by Crippen LogP contribution is 2.20. The van der Waals surface area contributed by atoms with Gasteiger partial charge in [-0.25, -0.2) is 0 Å². The molecule has 1 atom stereocenters. The number of nitroso groups, excluding NO2 is 1. The first-order chi connectivity index (χ1) is 5.07. The molecule has 0 saturated heterocycles. The van der Waals surface area contributed by atoms with E-state index in [9.17, 15) is 4.91 Å². The summed E-state index contributed by atoms with van der Waals surface area (Å²) in [5, 5.41) is 2.96. The van der Waals surface area contributed by atoms with Crippen molar-refractivity contribution in [3.05, 3.63) is 4.91 Å². The van der Waals surface area contributed by atoms with Crippen LogP contribution in [0.4, 0.5) is 0 Å². The molecule has 11 heavy (non-hydrogen) atoms. The Morgan fingerprint density at radius 3 is 2.00 bits per heavy atom. The Labute approximate surface area is 69.4 Å². The first kappa shape index (κ1) is 10.6. The first-order valence-electron chi connectivity index (χ1n) is 4.37. The molecule has 0 aliphatic heterocycles. The quantitative estimate of drug-likeness (QED) is 0.564. The van der Waals surface area contributed by atoms with E-state index in [1.165, 1.54) is 0 Å². The van der Waals surface area contributed by atoms with Gasteiger partial charge in [0.2, 0.25) is 0 Å². The van der Waals surface area contributed by atoms with Gasteiger partial charge in [0, 0.05) is 0 Å². The second kappa shape index (κ2) is 5.28. The van der Waals surface area contributed by atoms with Gasteiger partial charge in [-0.1, -0.05) is 32.9 Å². The van der Waals surface area contributed by atoms with E-state index in [1.807, 2.05) is 0 Å². The van der Waals surface area contributed by atoms with Crippen molar-refractivity contribution in [2.24, 2.45) is 22.9 Å². The zero-order valence-electron chi connectivity index (χ0n) is 8.00. The average molecular weight is 157 g/mol. The average Bonchev–Trinajstić information content (AvgIpc) is 1.86. The standard InChI is InChI=1S/C9H19NO/c1-7(2)5-9(6-10-11)8(3)4/h7-9H,5-6H2,1-4H3. The molecule has 0 saturated carbocycles. The van der Waals surface area contributed by atoms with E-state index in [4.69, 9.17) is 0 Å². The maximum Gasteiger partial charge on any atom is 0.0841 e. The lowest BCUT2D eigenvalue weighted by Gasteiger charge is -2.19. The number of hydrogen-bond donors (Lipinski definition) is 0. The van der Waals surface area contributed by atoms with Gasteiger partial charge < -0.3 is 0 Å². The lowest BCUT2D eigenvalue weighted by Crippen LogP contribution is -2.14. The molecule has 0 aromatic rings. The van der Waals surface area contributed by atoms with Crippen molar-refractivity contribution in [3.63, 3.8) is 0 Å². The number of nitrogens with zero attached hydrogens (tertiary/aromatic N) is 1. The molecule has 0 aliphatic carbocycles. The van der Waals surface area contributed by atoms with E-state index in [2.05, 4.69) is 32.9 Å². The van der Waals surface area contributed by atoms with Crippen molar-refractivity contribution in [2.75, 3.05) is 6.54 Å². The smallest absolute Gasteiger partial charge is 0.0841 e. The van der Waals surface area contributed by atoms with Crippen LogP contribution in [-0.2, 0) is 0 Å². The molecular weight excluding hydrogens is 138 g/mol. The molecule has 0 radical (unpaired) electrons. The largest absolute Gasteiger partial charge is 0.151 e. The highest BCUT2D eigenvalue weighted by molar-refractivity contribution is 4.66. The fourth-order valence-electron chi connectivity index (χ4n) is 1.26. The molecule has 0 aromatic carbocycles.